The van der Waals surface area contributed by atoms with Crippen LogP contribution in [-0.2, 0) is 5.41 Å². The van der Waals surface area contributed by atoms with Crippen molar-refractivity contribution in [3.05, 3.63) is 65.9 Å². The average Bonchev–Trinajstić information content (AvgIpc) is 3.05. The number of nitrogen functional groups attached to an aromatic ring is 1. The normalized spacial score (nSPS) is 12.8. The first-order valence-electron chi connectivity index (χ1n) is 8.51. The minimum atomic E-state index is -0.122. The van der Waals surface area contributed by atoms with Crippen LogP contribution in [0.4, 0.5) is 5.69 Å². The number of hydrogen-bond donors (Lipinski definition) is 2. The van der Waals surface area contributed by atoms with E-state index in [1.54, 1.807) is 0 Å². The van der Waals surface area contributed by atoms with Crippen LogP contribution in [0.3, 0.4) is 0 Å². The summed E-state index contributed by atoms with van der Waals surface area (Å²) in [6.07, 6.45) is -0.122. The third-order valence-electron chi connectivity index (χ3n) is 4.25. The summed E-state index contributed by atoms with van der Waals surface area (Å²) in [4.78, 5) is 0. The van der Waals surface area contributed by atoms with E-state index in [9.17, 15) is 0 Å². The van der Waals surface area contributed by atoms with Crippen molar-refractivity contribution in [2.45, 2.75) is 39.2 Å². The molecule has 3 rings (SSSR count). The Balaban J connectivity index is 1.73. The maximum absolute atomic E-state index is 6.05. The van der Waals surface area contributed by atoms with Gasteiger partial charge in [-0.3, -0.25) is 5.10 Å². The Hall–Kier alpha value is -2.75. The lowest BCUT2D eigenvalue weighted by Crippen LogP contribution is -2.10. The van der Waals surface area contributed by atoms with Crippen molar-refractivity contribution in [2.75, 3.05) is 5.73 Å². The lowest BCUT2D eigenvalue weighted by molar-refractivity contribution is 0.221. The van der Waals surface area contributed by atoms with Gasteiger partial charge in [0.05, 0.1) is 11.4 Å². The second kappa shape index (κ2) is 6.63. The van der Waals surface area contributed by atoms with E-state index in [2.05, 4.69) is 43.1 Å². The fourth-order valence-corrected chi connectivity index (χ4v) is 2.69. The minimum absolute atomic E-state index is 0.122. The molecule has 3 aromatic rings. The van der Waals surface area contributed by atoms with Crippen molar-refractivity contribution in [2.24, 2.45) is 0 Å². The standard InChI is InChI=1S/C21H25N3O/c1-14(25-18-10-8-16(9-11-18)21(2,3)4)19-13-20(24-23-19)15-6-5-7-17(22)12-15/h5-14H,22H2,1-4H3,(H,23,24). The molecule has 4 heteroatoms. The molecule has 0 aliphatic rings. The van der Waals surface area contributed by atoms with Crippen LogP contribution in [0.5, 0.6) is 5.75 Å². The summed E-state index contributed by atoms with van der Waals surface area (Å²) in [5.74, 6) is 0.848. The number of nitrogens with one attached hydrogen (secondary N) is 1. The highest BCUT2D eigenvalue weighted by Crippen LogP contribution is 2.28. The Morgan fingerprint density at radius 3 is 2.40 bits per heavy atom. The molecule has 0 amide bonds. The van der Waals surface area contributed by atoms with Gasteiger partial charge in [0.25, 0.3) is 0 Å². The Labute approximate surface area is 149 Å². The first-order chi connectivity index (χ1) is 11.8. The average molecular weight is 335 g/mol. The van der Waals surface area contributed by atoms with Gasteiger partial charge in [0.1, 0.15) is 11.9 Å². The van der Waals surface area contributed by atoms with E-state index >= 15 is 0 Å². The molecule has 0 saturated carbocycles. The molecule has 0 bridgehead atoms. The molecule has 3 N–H and O–H groups in total. The molecule has 1 atom stereocenters. The number of H-pyrrole nitrogens is 1. The van der Waals surface area contributed by atoms with Gasteiger partial charge in [-0.2, -0.15) is 5.10 Å². The molecule has 1 unspecified atom stereocenters. The van der Waals surface area contributed by atoms with Gasteiger partial charge >= 0.3 is 0 Å². The molecular formula is C21H25N3O. The zero-order valence-electron chi connectivity index (χ0n) is 15.2. The van der Waals surface area contributed by atoms with Gasteiger partial charge in [-0.1, -0.05) is 45.0 Å². The highest BCUT2D eigenvalue weighted by molar-refractivity contribution is 5.64. The van der Waals surface area contributed by atoms with Gasteiger partial charge in [-0.05, 0) is 48.2 Å². The zero-order valence-corrected chi connectivity index (χ0v) is 15.2. The number of nitrogens with two attached hydrogens (primary N) is 1. The predicted octanol–water partition coefficient (Wildman–Crippen LogP) is 5.10. The molecular weight excluding hydrogens is 310 g/mol. The Kier molecular flexibility index (Phi) is 4.53. The van der Waals surface area contributed by atoms with Crippen LogP contribution in [0, 0.1) is 0 Å². The minimum Gasteiger partial charge on any atom is -0.484 e. The van der Waals surface area contributed by atoms with Gasteiger partial charge in [-0.25, -0.2) is 0 Å². The number of rotatable bonds is 4. The molecule has 1 heterocycles. The topological polar surface area (TPSA) is 63.9 Å². The second-order valence-corrected chi connectivity index (χ2v) is 7.37. The summed E-state index contributed by atoms with van der Waals surface area (Å²) in [5.41, 5.74) is 10.8. The van der Waals surface area contributed by atoms with Gasteiger partial charge in [0.15, 0.2) is 0 Å². The Bertz CT molecular complexity index is 844. The lowest BCUT2D eigenvalue weighted by atomic mass is 9.87. The van der Waals surface area contributed by atoms with Crippen LogP contribution < -0.4 is 10.5 Å². The smallest absolute Gasteiger partial charge is 0.137 e. The molecule has 130 valence electrons. The number of aromatic nitrogens is 2. The SMILES string of the molecule is CC(Oc1ccc(C(C)(C)C)cc1)c1cc(-c2cccc(N)c2)n[nH]1. The van der Waals surface area contributed by atoms with Crippen LogP contribution in [0.1, 0.15) is 45.1 Å². The summed E-state index contributed by atoms with van der Waals surface area (Å²) >= 11 is 0. The van der Waals surface area contributed by atoms with E-state index in [0.29, 0.717) is 0 Å². The molecule has 0 fully saturated rings. The number of nitrogens with zero attached hydrogens (tertiary/aromatic N) is 1. The molecule has 0 aliphatic carbocycles. The van der Waals surface area contributed by atoms with E-state index in [1.807, 2.05) is 49.4 Å². The van der Waals surface area contributed by atoms with Crippen LogP contribution in [0.15, 0.2) is 54.6 Å². The Morgan fingerprint density at radius 1 is 1.04 bits per heavy atom. The third-order valence-corrected chi connectivity index (χ3v) is 4.25. The van der Waals surface area contributed by atoms with Crippen molar-refractivity contribution in [1.82, 2.24) is 10.2 Å². The molecule has 0 spiro atoms. The summed E-state index contributed by atoms with van der Waals surface area (Å²) < 4.78 is 6.05. The maximum atomic E-state index is 6.05. The molecule has 25 heavy (non-hydrogen) atoms. The van der Waals surface area contributed by atoms with Crippen molar-refractivity contribution in [1.29, 1.82) is 0 Å². The number of benzene rings is 2. The number of anilines is 1. The van der Waals surface area contributed by atoms with Crippen molar-refractivity contribution >= 4 is 5.69 Å². The highest BCUT2D eigenvalue weighted by atomic mass is 16.5. The molecule has 0 aliphatic heterocycles. The van der Waals surface area contributed by atoms with Crippen molar-refractivity contribution < 1.29 is 4.74 Å². The number of aromatic amines is 1. The molecule has 2 aromatic carbocycles. The molecule has 0 saturated heterocycles. The van der Waals surface area contributed by atoms with E-state index in [1.165, 1.54) is 5.56 Å². The largest absolute Gasteiger partial charge is 0.484 e. The monoisotopic (exact) mass is 335 g/mol. The second-order valence-electron chi connectivity index (χ2n) is 7.37. The quantitative estimate of drug-likeness (QED) is 0.652. The summed E-state index contributed by atoms with van der Waals surface area (Å²) in [6.45, 7) is 8.62. The molecule has 4 nitrogen and oxygen atoms in total. The van der Waals surface area contributed by atoms with Gasteiger partial charge < -0.3 is 10.5 Å². The van der Waals surface area contributed by atoms with Gasteiger partial charge in [0, 0.05) is 11.3 Å². The first kappa shape index (κ1) is 17.1. The summed E-state index contributed by atoms with van der Waals surface area (Å²) in [6, 6.07) is 18.0. The molecule has 1 aromatic heterocycles. The summed E-state index contributed by atoms with van der Waals surface area (Å²) in [7, 11) is 0. The predicted molar refractivity (Wildman–Crippen MR) is 103 cm³/mol. The van der Waals surface area contributed by atoms with Gasteiger partial charge in [0.2, 0.25) is 0 Å². The van der Waals surface area contributed by atoms with Crippen molar-refractivity contribution in [3.8, 4) is 17.0 Å². The fraction of sp³-hybridized carbons (Fsp3) is 0.286. The van der Waals surface area contributed by atoms with Crippen LogP contribution in [0.2, 0.25) is 0 Å². The Morgan fingerprint density at radius 2 is 1.76 bits per heavy atom. The lowest BCUT2D eigenvalue weighted by Gasteiger charge is -2.20. The van der Waals surface area contributed by atoms with Crippen LogP contribution in [0.25, 0.3) is 11.3 Å². The number of ether oxygens (including phenoxy) is 1. The van der Waals surface area contributed by atoms with E-state index in [4.69, 9.17) is 10.5 Å². The van der Waals surface area contributed by atoms with Gasteiger partial charge in [-0.15, -0.1) is 0 Å². The van der Waals surface area contributed by atoms with Crippen LogP contribution in [-0.4, -0.2) is 10.2 Å². The maximum Gasteiger partial charge on any atom is 0.137 e. The number of hydrogen-bond acceptors (Lipinski definition) is 3. The molecule has 0 radical (unpaired) electrons. The fourth-order valence-electron chi connectivity index (χ4n) is 2.69. The highest BCUT2D eigenvalue weighted by Gasteiger charge is 2.15. The zero-order chi connectivity index (χ0) is 18.0. The first-order valence-corrected chi connectivity index (χ1v) is 8.51. The van der Waals surface area contributed by atoms with E-state index < -0.39 is 0 Å². The third kappa shape index (κ3) is 4.02. The van der Waals surface area contributed by atoms with Crippen LogP contribution >= 0.6 is 0 Å². The van der Waals surface area contributed by atoms with Crippen molar-refractivity contribution in [3.63, 3.8) is 0 Å². The summed E-state index contributed by atoms with van der Waals surface area (Å²) in [5, 5.41) is 7.44. The van der Waals surface area contributed by atoms with E-state index in [-0.39, 0.29) is 11.5 Å². The van der Waals surface area contributed by atoms with E-state index in [0.717, 1.165) is 28.4 Å².